The van der Waals surface area contributed by atoms with Gasteiger partial charge in [0, 0.05) is 43.0 Å². The van der Waals surface area contributed by atoms with E-state index < -0.39 is 0 Å². The van der Waals surface area contributed by atoms with Crippen LogP contribution in [-0.2, 0) is 11.2 Å². The quantitative estimate of drug-likeness (QED) is 0.385. The summed E-state index contributed by atoms with van der Waals surface area (Å²) >= 11 is 1.48. The van der Waals surface area contributed by atoms with Crippen LogP contribution in [0, 0.1) is 5.82 Å². The summed E-state index contributed by atoms with van der Waals surface area (Å²) in [5.74, 6) is 1.02. The van der Waals surface area contributed by atoms with Crippen LogP contribution in [0.5, 0.6) is 0 Å². The minimum atomic E-state index is -0.282. The average Bonchev–Trinajstić information content (AvgIpc) is 3.38. The van der Waals surface area contributed by atoms with Crippen LogP contribution in [0.25, 0.3) is 27.3 Å². The molecule has 2 aromatic carbocycles. The lowest BCUT2D eigenvalue weighted by Crippen LogP contribution is -2.34. The van der Waals surface area contributed by atoms with Crippen LogP contribution in [0.2, 0.25) is 0 Å². The number of aromatic nitrogens is 4. The van der Waals surface area contributed by atoms with E-state index in [4.69, 9.17) is 9.97 Å². The summed E-state index contributed by atoms with van der Waals surface area (Å²) in [6, 6.07) is 14.0. The van der Waals surface area contributed by atoms with Gasteiger partial charge in [-0.25, -0.2) is 19.3 Å². The third-order valence-corrected chi connectivity index (χ3v) is 6.97. The van der Waals surface area contributed by atoms with Crippen LogP contribution in [0.4, 0.5) is 16.0 Å². The highest BCUT2D eigenvalue weighted by atomic mass is 32.1. The van der Waals surface area contributed by atoms with Gasteiger partial charge in [0.1, 0.15) is 5.82 Å². The Labute approximate surface area is 199 Å². The normalized spacial score (nSPS) is 13.9. The second-order valence-corrected chi connectivity index (χ2v) is 9.21. The maximum absolute atomic E-state index is 13.6. The van der Waals surface area contributed by atoms with Gasteiger partial charge in [-0.3, -0.25) is 14.1 Å². The Morgan fingerprint density at radius 1 is 1.00 bits per heavy atom. The topological polar surface area (TPSA) is 66.6 Å². The number of fused-ring (bicyclic) bond motifs is 3. The Morgan fingerprint density at radius 3 is 2.50 bits per heavy atom. The third kappa shape index (κ3) is 3.58. The highest BCUT2D eigenvalue weighted by molar-refractivity contribution is 7.15. The first kappa shape index (κ1) is 20.7. The van der Waals surface area contributed by atoms with E-state index in [0.29, 0.717) is 12.4 Å². The smallest absolute Gasteiger partial charge is 0.234 e. The fourth-order valence-electron chi connectivity index (χ4n) is 4.31. The molecule has 0 unspecified atom stereocenters. The number of para-hydroxylation sites is 2. The summed E-state index contributed by atoms with van der Waals surface area (Å²) in [5, 5.41) is 1.96. The van der Waals surface area contributed by atoms with E-state index in [0.717, 1.165) is 51.7 Å². The summed E-state index contributed by atoms with van der Waals surface area (Å²) in [6.07, 6.45) is 2.95. The van der Waals surface area contributed by atoms with Crippen LogP contribution in [0.3, 0.4) is 0 Å². The number of nitrogens with zero attached hydrogens (tertiary/aromatic N) is 6. The van der Waals surface area contributed by atoms with Gasteiger partial charge in [0.05, 0.1) is 23.1 Å². The van der Waals surface area contributed by atoms with Gasteiger partial charge >= 0.3 is 0 Å². The number of thiazole rings is 1. The van der Waals surface area contributed by atoms with Crippen molar-refractivity contribution in [3.05, 3.63) is 71.6 Å². The molecule has 170 valence electrons. The van der Waals surface area contributed by atoms with E-state index in [2.05, 4.69) is 9.88 Å². The molecule has 0 atom stereocenters. The third-order valence-electron chi connectivity index (χ3n) is 6.08. The van der Waals surface area contributed by atoms with Gasteiger partial charge < -0.3 is 4.90 Å². The maximum atomic E-state index is 13.6. The molecule has 0 radical (unpaired) electrons. The Balaban J connectivity index is 1.34. The van der Waals surface area contributed by atoms with Crippen LogP contribution >= 0.6 is 11.3 Å². The van der Waals surface area contributed by atoms with E-state index in [9.17, 15) is 9.18 Å². The molecule has 6 rings (SSSR count). The number of anilines is 2. The molecule has 7 nitrogen and oxygen atoms in total. The van der Waals surface area contributed by atoms with Crippen LogP contribution in [0.15, 0.2) is 60.1 Å². The number of imidazole rings is 1. The highest BCUT2D eigenvalue weighted by Gasteiger charge is 2.27. The first-order chi connectivity index (χ1) is 16.6. The summed E-state index contributed by atoms with van der Waals surface area (Å²) < 4.78 is 15.2. The number of carbonyl (C=O) groups is 1. The molecule has 0 saturated heterocycles. The summed E-state index contributed by atoms with van der Waals surface area (Å²) in [7, 11) is 1.99. The number of rotatable bonds is 3. The van der Waals surface area contributed by atoms with Crippen molar-refractivity contribution in [2.75, 3.05) is 29.9 Å². The number of hydrogen-bond donors (Lipinski definition) is 0. The van der Waals surface area contributed by atoms with Crippen molar-refractivity contribution in [2.45, 2.75) is 12.8 Å². The standard InChI is InChI=1S/C25H21FN6OS/c1-30-11-4-12-31(24-23(30)27-19-5-2-3-6-20(19)28-24)22(33)13-18-15-34-25-29-21(14-32(18)25)16-7-9-17(26)10-8-16/h2-3,5-10,14-15H,4,11-13H2,1H3. The van der Waals surface area contributed by atoms with Gasteiger partial charge in [-0.05, 0) is 42.8 Å². The fourth-order valence-corrected chi connectivity index (χ4v) is 5.18. The SMILES string of the molecule is CN1CCCN(C(=O)Cc2csc3nc(-c4ccc(F)cc4)cn23)c2nc3ccccc3nc21. The van der Waals surface area contributed by atoms with Crippen molar-refractivity contribution in [1.29, 1.82) is 0 Å². The van der Waals surface area contributed by atoms with Gasteiger partial charge in [-0.1, -0.05) is 12.1 Å². The molecule has 5 aromatic rings. The largest absolute Gasteiger partial charge is 0.357 e. The highest BCUT2D eigenvalue weighted by Crippen LogP contribution is 2.31. The summed E-state index contributed by atoms with van der Waals surface area (Å²) in [6.45, 7) is 1.39. The Kier molecular flexibility index (Phi) is 4.99. The van der Waals surface area contributed by atoms with Crippen molar-refractivity contribution in [3.8, 4) is 11.3 Å². The molecular formula is C25H21FN6OS. The van der Waals surface area contributed by atoms with Crippen molar-refractivity contribution in [3.63, 3.8) is 0 Å². The minimum Gasteiger partial charge on any atom is -0.357 e. The molecule has 0 spiro atoms. The number of hydrogen-bond acceptors (Lipinski definition) is 6. The van der Waals surface area contributed by atoms with Gasteiger partial charge in [0.2, 0.25) is 5.91 Å². The molecule has 1 aliphatic heterocycles. The maximum Gasteiger partial charge on any atom is 0.234 e. The van der Waals surface area contributed by atoms with Gasteiger partial charge in [0.25, 0.3) is 0 Å². The molecule has 0 bridgehead atoms. The zero-order chi connectivity index (χ0) is 23.2. The second-order valence-electron chi connectivity index (χ2n) is 8.37. The van der Waals surface area contributed by atoms with Gasteiger partial charge in [0.15, 0.2) is 16.6 Å². The predicted octanol–water partition coefficient (Wildman–Crippen LogP) is 4.56. The molecule has 4 heterocycles. The molecule has 1 amide bonds. The molecule has 0 aliphatic carbocycles. The fraction of sp³-hybridized carbons (Fsp3) is 0.200. The van der Waals surface area contributed by atoms with Crippen LogP contribution < -0.4 is 9.80 Å². The van der Waals surface area contributed by atoms with E-state index in [1.165, 1.54) is 23.5 Å². The molecule has 0 saturated carbocycles. The lowest BCUT2D eigenvalue weighted by molar-refractivity contribution is -0.118. The number of halogens is 1. The van der Waals surface area contributed by atoms with Crippen LogP contribution in [0.1, 0.15) is 12.1 Å². The summed E-state index contributed by atoms with van der Waals surface area (Å²) in [4.78, 5) is 32.5. The lowest BCUT2D eigenvalue weighted by atomic mass is 10.2. The first-order valence-electron chi connectivity index (χ1n) is 11.1. The first-order valence-corrected chi connectivity index (χ1v) is 11.9. The zero-order valence-corrected chi connectivity index (χ0v) is 19.3. The Bertz CT molecular complexity index is 1530. The van der Waals surface area contributed by atoms with Crippen LogP contribution in [-0.4, -0.2) is 45.4 Å². The zero-order valence-electron chi connectivity index (χ0n) is 18.5. The van der Waals surface area contributed by atoms with E-state index in [1.807, 2.05) is 47.3 Å². The van der Waals surface area contributed by atoms with Crippen molar-refractivity contribution in [1.82, 2.24) is 19.4 Å². The van der Waals surface area contributed by atoms with Gasteiger partial charge in [-0.15, -0.1) is 11.3 Å². The van der Waals surface area contributed by atoms with Crippen molar-refractivity contribution >= 4 is 44.9 Å². The second kappa shape index (κ2) is 8.18. The molecule has 1 aliphatic rings. The van der Waals surface area contributed by atoms with E-state index >= 15 is 0 Å². The Hall–Kier alpha value is -3.85. The summed E-state index contributed by atoms with van der Waals surface area (Å²) in [5.41, 5.74) is 4.03. The molecule has 3 aromatic heterocycles. The lowest BCUT2D eigenvalue weighted by Gasteiger charge is -2.22. The monoisotopic (exact) mass is 472 g/mol. The molecule has 0 fully saturated rings. The van der Waals surface area contributed by atoms with Crippen molar-refractivity contribution < 1.29 is 9.18 Å². The van der Waals surface area contributed by atoms with Crippen molar-refractivity contribution in [2.24, 2.45) is 0 Å². The molecule has 9 heteroatoms. The minimum absolute atomic E-state index is 0.0298. The Morgan fingerprint density at radius 2 is 1.74 bits per heavy atom. The number of carbonyl (C=O) groups excluding carboxylic acids is 1. The van der Waals surface area contributed by atoms with E-state index in [1.54, 1.807) is 17.0 Å². The average molecular weight is 473 g/mol. The number of amides is 1. The molecule has 0 N–H and O–H groups in total. The number of benzene rings is 2. The molecule has 34 heavy (non-hydrogen) atoms. The van der Waals surface area contributed by atoms with Gasteiger partial charge in [-0.2, -0.15) is 0 Å². The molecular weight excluding hydrogens is 451 g/mol. The van der Waals surface area contributed by atoms with E-state index in [-0.39, 0.29) is 18.1 Å². The predicted molar refractivity (Wildman–Crippen MR) is 132 cm³/mol.